The molecule has 0 radical (unpaired) electrons. The topological polar surface area (TPSA) is 104 Å². The molecule has 0 saturated heterocycles. The molecule has 128 valence electrons. The molecular formula is C16H23N7O. The van der Waals surface area contributed by atoms with Crippen molar-refractivity contribution < 1.29 is 5.11 Å². The summed E-state index contributed by atoms with van der Waals surface area (Å²) in [5, 5.41) is 28.5. The highest BCUT2D eigenvalue weighted by atomic mass is 16.3. The van der Waals surface area contributed by atoms with Crippen LogP contribution in [0.1, 0.15) is 45.0 Å². The highest BCUT2D eigenvalue weighted by Crippen LogP contribution is 2.49. The molecule has 3 rings (SSSR count). The van der Waals surface area contributed by atoms with E-state index in [-0.39, 0.29) is 0 Å². The number of nitrogens with two attached hydrogens (primary N) is 1. The van der Waals surface area contributed by atoms with E-state index in [1.54, 1.807) is 18.9 Å². The fourth-order valence-electron chi connectivity index (χ4n) is 3.04. The van der Waals surface area contributed by atoms with Gasteiger partial charge in [-0.1, -0.05) is 6.07 Å². The molecule has 1 fully saturated rings. The third-order valence-electron chi connectivity index (χ3n) is 4.48. The zero-order chi connectivity index (χ0) is 17.5. The third-order valence-corrected chi connectivity index (χ3v) is 4.48. The van der Waals surface area contributed by atoms with Crippen molar-refractivity contribution >= 4 is 18.2 Å². The largest absolute Gasteiger partial charge is 0.386 e. The van der Waals surface area contributed by atoms with Gasteiger partial charge in [-0.3, -0.25) is 9.41 Å². The van der Waals surface area contributed by atoms with Gasteiger partial charge in [-0.05, 0) is 39.7 Å². The maximum absolute atomic E-state index is 10.4. The molecule has 2 heterocycles. The van der Waals surface area contributed by atoms with Gasteiger partial charge in [0.05, 0.1) is 11.0 Å². The molecule has 0 aromatic carbocycles. The Morgan fingerprint density at radius 2 is 2.21 bits per heavy atom. The number of hydrazine groups is 1. The van der Waals surface area contributed by atoms with Crippen LogP contribution in [-0.2, 0) is 11.0 Å². The third kappa shape index (κ3) is 2.47. The molecule has 0 amide bonds. The lowest BCUT2D eigenvalue weighted by atomic mass is 9.99. The zero-order valence-electron chi connectivity index (χ0n) is 14.3. The van der Waals surface area contributed by atoms with E-state index < -0.39 is 11.0 Å². The number of aromatic nitrogens is 3. The van der Waals surface area contributed by atoms with Gasteiger partial charge < -0.3 is 5.11 Å². The normalized spacial score (nSPS) is 17.1. The van der Waals surface area contributed by atoms with Crippen LogP contribution in [0.15, 0.2) is 28.5 Å². The molecule has 0 bridgehead atoms. The van der Waals surface area contributed by atoms with Crippen LogP contribution in [-0.4, -0.2) is 43.8 Å². The number of amidine groups is 1. The number of rotatable bonds is 5. The Morgan fingerprint density at radius 1 is 1.50 bits per heavy atom. The van der Waals surface area contributed by atoms with Gasteiger partial charge in [0.15, 0.2) is 17.3 Å². The maximum atomic E-state index is 10.4. The molecule has 8 heteroatoms. The van der Waals surface area contributed by atoms with E-state index >= 15 is 0 Å². The highest BCUT2D eigenvalue weighted by molar-refractivity contribution is 5.95. The SMILES string of the molecule is C=N/N=C(\N(N)CC)C1(c2nnc3c(C(C)(C)O)cccn23)CC1. The molecule has 0 aliphatic heterocycles. The van der Waals surface area contributed by atoms with E-state index in [4.69, 9.17) is 5.84 Å². The summed E-state index contributed by atoms with van der Waals surface area (Å²) in [6.45, 7) is 9.47. The van der Waals surface area contributed by atoms with Crippen molar-refractivity contribution in [3.05, 3.63) is 29.7 Å². The van der Waals surface area contributed by atoms with E-state index in [1.165, 1.54) is 0 Å². The van der Waals surface area contributed by atoms with Crippen molar-refractivity contribution in [1.29, 1.82) is 0 Å². The van der Waals surface area contributed by atoms with Crippen LogP contribution >= 0.6 is 0 Å². The minimum Gasteiger partial charge on any atom is -0.386 e. The van der Waals surface area contributed by atoms with Gasteiger partial charge in [0.2, 0.25) is 0 Å². The Morgan fingerprint density at radius 3 is 2.75 bits per heavy atom. The molecular weight excluding hydrogens is 306 g/mol. The number of hydrogen-bond donors (Lipinski definition) is 2. The predicted octanol–water partition coefficient (Wildman–Crippen LogP) is 1.20. The summed E-state index contributed by atoms with van der Waals surface area (Å²) >= 11 is 0. The van der Waals surface area contributed by atoms with E-state index in [9.17, 15) is 5.11 Å². The molecule has 1 saturated carbocycles. The zero-order valence-corrected chi connectivity index (χ0v) is 14.3. The molecule has 1 aliphatic rings. The van der Waals surface area contributed by atoms with Crippen molar-refractivity contribution in [1.82, 2.24) is 19.6 Å². The Hall–Kier alpha value is -2.32. The van der Waals surface area contributed by atoms with Gasteiger partial charge in [0, 0.05) is 25.0 Å². The number of nitrogens with zero attached hydrogens (tertiary/aromatic N) is 6. The van der Waals surface area contributed by atoms with Crippen LogP contribution in [0.4, 0.5) is 0 Å². The smallest absolute Gasteiger partial charge is 0.166 e. The van der Waals surface area contributed by atoms with Gasteiger partial charge >= 0.3 is 0 Å². The number of likely N-dealkylation sites (N-methyl/N-ethyl adjacent to an activating group) is 1. The first-order valence-corrected chi connectivity index (χ1v) is 7.98. The van der Waals surface area contributed by atoms with Crippen molar-refractivity contribution in [2.75, 3.05) is 6.54 Å². The van der Waals surface area contributed by atoms with Crippen LogP contribution in [0.2, 0.25) is 0 Å². The minimum absolute atomic E-state index is 0.413. The first-order chi connectivity index (χ1) is 11.3. The quantitative estimate of drug-likeness (QED) is 0.371. The maximum Gasteiger partial charge on any atom is 0.166 e. The Labute approximate surface area is 140 Å². The summed E-state index contributed by atoms with van der Waals surface area (Å²) in [5.41, 5.74) is -0.0621. The summed E-state index contributed by atoms with van der Waals surface area (Å²) in [4.78, 5) is 0. The van der Waals surface area contributed by atoms with Crippen molar-refractivity contribution in [2.24, 2.45) is 16.0 Å². The average molecular weight is 329 g/mol. The van der Waals surface area contributed by atoms with Crippen LogP contribution in [0.3, 0.4) is 0 Å². The van der Waals surface area contributed by atoms with Crippen LogP contribution in [0.25, 0.3) is 5.65 Å². The minimum atomic E-state index is -1.01. The Balaban J connectivity index is 2.17. The molecule has 1 aliphatic carbocycles. The second-order valence-electron chi connectivity index (χ2n) is 6.63. The van der Waals surface area contributed by atoms with Crippen LogP contribution < -0.4 is 5.84 Å². The lowest BCUT2D eigenvalue weighted by Crippen LogP contribution is -2.44. The Kier molecular flexibility index (Phi) is 3.89. The second kappa shape index (κ2) is 5.64. The van der Waals surface area contributed by atoms with Gasteiger partial charge in [-0.2, -0.15) is 5.10 Å². The van der Waals surface area contributed by atoms with E-state index in [0.717, 1.165) is 24.2 Å². The molecule has 3 N–H and O–H groups in total. The second-order valence-corrected chi connectivity index (χ2v) is 6.63. The van der Waals surface area contributed by atoms with Crippen LogP contribution in [0, 0.1) is 0 Å². The fraction of sp³-hybridized carbons (Fsp3) is 0.500. The number of hydrogen-bond acceptors (Lipinski definition) is 6. The summed E-state index contributed by atoms with van der Waals surface area (Å²) in [6, 6.07) is 3.74. The molecule has 2 aromatic heterocycles. The van der Waals surface area contributed by atoms with Crippen molar-refractivity contribution in [2.45, 2.75) is 44.6 Å². The fourth-order valence-corrected chi connectivity index (χ4v) is 3.04. The van der Waals surface area contributed by atoms with Gasteiger partial charge in [0.1, 0.15) is 0 Å². The number of aliphatic hydroxyl groups is 1. The predicted molar refractivity (Wildman–Crippen MR) is 92.7 cm³/mol. The molecule has 0 atom stereocenters. The monoisotopic (exact) mass is 329 g/mol. The highest BCUT2D eigenvalue weighted by Gasteiger charge is 2.54. The summed E-state index contributed by atoms with van der Waals surface area (Å²) in [5.74, 6) is 7.50. The average Bonchev–Trinajstić information content (AvgIpc) is 3.22. The van der Waals surface area contributed by atoms with E-state index in [2.05, 4.69) is 27.1 Å². The molecule has 2 aromatic rings. The molecule has 0 spiro atoms. The van der Waals surface area contributed by atoms with Crippen molar-refractivity contribution in [3.8, 4) is 0 Å². The van der Waals surface area contributed by atoms with E-state index in [1.807, 2.05) is 29.7 Å². The standard InChI is InChI=1S/C16H23N7O/c1-5-23(17)14(20-18-4)16(8-9-16)13-21-19-12-11(15(2,3)24)7-6-10-22(12)13/h6-7,10,24H,4-5,8-9,17H2,1-3H3/b20-14-. The summed E-state index contributed by atoms with van der Waals surface area (Å²) in [7, 11) is 0. The Bertz CT molecular complexity index is 798. The molecule has 8 nitrogen and oxygen atoms in total. The lowest BCUT2D eigenvalue weighted by molar-refractivity contribution is 0.0796. The van der Waals surface area contributed by atoms with E-state index in [0.29, 0.717) is 18.0 Å². The first-order valence-electron chi connectivity index (χ1n) is 7.98. The summed E-state index contributed by atoms with van der Waals surface area (Å²) < 4.78 is 1.91. The number of pyridine rings is 1. The van der Waals surface area contributed by atoms with Gasteiger partial charge in [-0.15, -0.1) is 15.3 Å². The number of fused-ring (bicyclic) bond motifs is 1. The van der Waals surface area contributed by atoms with Gasteiger partial charge in [0.25, 0.3) is 0 Å². The first kappa shape index (κ1) is 16.5. The summed E-state index contributed by atoms with van der Waals surface area (Å²) in [6.07, 6.45) is 3.62. The van der Waals surface area contributed by atoms with Crippen molar-refractivity contribution in [3.63, 3.8) is 0 Å². The lowest BCUT2D eigenvalue weighted by Gasteiger charge is -2.24. The molecule has 24 heavy (non-hydrogen) atoms. The van der Waals surface area contributed by atoms with Gasteiger partial charge in [-0.25, -0.2) is 5.84 Å². The van der Waals surface area contributed by atoms with Crippen LogP contribution in [0.5, 0.6) is 0 Å². The molecule has 0 unspecified atom stereocenters.